The number of aliphatic hydroxyl groups is 1. The molecule has 1 aliphatic carbocycles. The molecule has 1 aromatic rings. The average molecular weight is 251 g/mol. The third-order valence-corrected chi connectivity index (χ3v) is 3.79. The van der Waals surface area contributed by atoms with E-state index in [9.17, 15) is 5.11 Å². The van der Waals surface area contributed by atoms with Crippen molar-refractivity contribution in [2.45, 2.75) is 64.1 Å². The molecular weight excluding hydrogens is 226 g/mol. The number of aryl methyl sites for hydroxylation is 1. The third kappa shape index (κ3) is 3.82. The van der Waals surface area contributed by atoms with Gasteiger partial charge in [-0.1, -0.05) is 19.3 Å². The predicted molar refractivity (Wildman–Crippen MR) is 72.5 cm³/mol. The fourth-order valence-electron chi connectivity index (χ4n) is 2.66. The Morgan fingerprint density at radius 2 is 2.17 bits per heavy atom. The van der Waals surface area contributed by atoms with E-state index in [1.165, 1.54) is 12.0 Å². The highest BCUT2D eigenvalue weighted by Gasteiger charge is 2.29. The summed E-state index contributed by atoms with van der Waals surface area (Å²) in [7, 11) is 0. The van der Waals surface area contributed by atoms with Gasteiger partial charge in [-0.3, -0.25) is 4.68 Å². The van der Waals surface area contributed by atoms with Crippen LogP contribution in [-0.4, -0.2) is 33.1 Å². The zero-order valence-corrected chi connectivity index (χ0v) is 11.5. The first-order chi connectivity index (χ1) is 8.57. The van der Waals surface area contributed by atoms with Crippen LogP contribution in [0.25, 0.3) is 0 Å². The van der Waals surface area contributed by atoms with Crippen molar-refractivity contribution >= 4 is 0 Å². The summed E-state index contributed by atoms with van der Waals surface area (Å²) in [5.41, 5.74) is 0.708. The summed E-state index contributed by atoms with van der Waals surface area (Å²) in [6, 6.07) is 0.329. The van der Waals surface area contributed by atoms with Crippen LogP contribution in [0.5, 0.6) is 0 Å². The smallest absolute Gasteiger partial charge is 0.0771 e. The number of rotatable bonds is 5. The lowest BCUT2D eigenvalue weighted by atomic mass is 9.85. The molecule has 0 aromatic carbocycles. The van der Waals surface area contributed by atoms with Gasteiger partial charge in [-0.05, 0) is 32.3 Å². The van der Waals surface area contributed by atoms with Crippen molar-refractivity contribution < 1.29 is 5.11 Å². The Morgan fingerprint density at radius 3 is 2.78 bits per heavy atom. The Balaban J connectivity index is 1.75. The van der Waals surface area contributed by atoms with Gasteiger partial charge in [0, 0.05) is 18.8 Å². The van der Waals surface area contributed by atoms with Crippen LogP contribution in [0.2, 0.25) is 0 Å². The van der Waals surface area contributed by atoms with Gasteiger partial charge in [0.2, 0.25) is 0 Å². The van der Waals surface area contributed by atoms with E-state index in [0.29, 0.717) is 12.6 Å². The maximum atomic E-state index is 10.4. The van der Waals surface area contributed by atoms with Crippen LogP contribution in [0.4, 0.5) is 0 Å². The highest BCUT2D eigenvalue weighted by atomic mass is 16.3. The largest absolute Gasteiger partial charge is 0.389 e. The van der Waals surface area contributed by atoms with Crippen LogP contribution in [-0.2, 0) is 6.54 Å². The molecule has 1 aromatic heterocycles. The lowest BCUT2D eigenvalue weighted by Gasteiger charge is -2.33. The van der Waals surface area contributed by atoms with Gasteiger partial charge in [-0.25, -0.2) is 0 Å². The van der Waals surface area contributed by atoms with Crippen LogP contribution in [0.3, 0.4) is 0 Å². The molecule has 0 bridgehead atoms. The minimum Gasteiger partial charge on any atom is -0.389 e. The van der Waals surface area contributed by atoms with Crippen LogP contribution in [0.1, 0.15) is 44.6 Å². The molecule has 0 spiro atoms. The molecule has 0 aliphatic heterocycles. The quantitative estimate of drug-likeness (QED) is 0.840. The molecule has 1 unspecified atom stereocenters. The predicted octanol–water partition coefficient (Wildman–Crippen LogP) is 1.86. The second-order valence-corrected chi connectivity index (χ2v) is 5.81. The Hall–Kier alpha value is -0.870. The molecule has 1 saturated carbocycles. The van der Waals surface area contributed by atoms with Gasteiger partial charge < -0.3 is 10.4 Å². The van der Waals surface area contributed by atoms with Crippen molar-refractivity contribution in [2.75, 3.05) is 6.54 Å². The van der Waals surface area contributed by atoms with E-state index in [4.69, 9.17) is 0 Å². The monoisotopic (exact) mass is 251 g/mol. The molecule has 1 heterocycles. The Labute approximate surface area is 109 Å². The van der Waals surface area contributed by atoms with Gasteiger partial charge in [0.25, 0.3) is 0 Å². The van der Waals surface area contributed by atoms with Gasteiger partial charge in [-0.15, -0.1) is 0 Å². The van der Waals surface area contributed by atoms with Crippen molar-refractivity contribution in [3.8, 4) is 0 Å². The van der Waals surface area contributed by atoms with E-state index in [1.807, 2.05) is 24.0 Å². The van der Waals surface area contributed by atoms with Gasteiger partial charge in [0.1, 0.15) is 0 Å². The second-order valence-electron chi connectivity index (χ2n) is 5.81. The van der Waals surface area contributed by atoms with Gasteiger partial charge in [0.05, 0.1) is 18.3 Å². The normalized spacial score (nSPS) is 20.8. The lowest BCUT2D eigenvalue weighted by Crippen LogP contribution is -2.46. The minimum atomic E-state index is -0.480. The fourth-order valence-corrected chi connectivity index (χ4v) is 2.66. The highest BCUT2D eigenvalue weighted by Crippen LogP contribution is 2.27. The maximum absolute atomic E-state index is 10.4. The topological polar surface area (TPSA) is 50.1 Å². The van der Waals surface area contributed by atoms with E-state index in [0.717, 1.165) is 32.2 Å². The standard InChI is InChI=1S/C14H25N3O/c1-12-8-16-17(9-12)10-13(2)15-11-14(18)6-4-3-5-7-14/h8-9,13,15,18H,3-7,10-11H2,1-2H3. The van der Waals surface area contributed by atoms with Crippen molar-refractivity contribution in [1.82, 2.24) is 15.1 Å². The molecule has 0 radical (unpaired) electrons. The molecule has 18 heavy (non-hydrogen) atoms. The summed E-state index contributed by atoms with van der Waals surface area (Å²) in [6.07, 6.45) is 9.39. The molecule has 4 heteroatoms. The molecule has 2 rings (SSSR count). The molecule has 2 N–H and O–H groups in total. The van der Waals surface area contributed by atoms with E-state index >= 15 is 0 Å². The van der Waals surface area contributed by atoms with Crippen molar-refractivity contribution in [3.63, 3.8) is 0 Å². The van der Waals surface area contributed by atoms with Gasteiger partial charge >= 0.3 is 0 Å². The highest BCUT2D eigenvalue weighted by molar-refractivity contribution is 4.99. The summed E-state index contributed by atoms with van der Waals surface area (Å²) in [6.45, 7) is 5.74. The molecule has 4 nitrogen and oxygen atoms in total. The molecule has 1 aliphatic rings. The van der Waals surface area contributed by atoms with Crippen LogP contribution >= 0.6 is 0 Å². The fraction of sp³-hybridized carbons (Fsp3) is 0.786. The third-order valence-electron chi connectivity index (χ3n) is 3.79. The molecule has 0 amide bonds. The van der Waals surface area contributed by atoms with E-state index in [2.05, 4.69) is 17.3 Å². The second kappa shape index (κ2) is 5.85. The van der Waals surface area contributed by atoms with Crippen LogP contribution in [0, 0.1) is 6.92 Å². The zero-order chi connectivity index (χ0) is 13.0. The summed E-state index contributed by atoms with van der Waals surface area (Å²) < 4.78 is 1.96. The first-order valence-corrected chi connectivity index (χ1v) is 7.02. The molecule has 102 valence electrons. The number of hydrogen-bond donors (Lipinski definition) is 2. The average Bonchev–Trinajstić information content (AvgIpc) is 2.73. The van der Waals surface area contributed by atoms with Gasteiger partial charge in [0.15, 0.2) is 0 Å². The summed E-state index contributed by atoms with van der Waals surface area (Å²) in [4.78, 5) is 0. The molecule has 0 saturated heterocycles. The van der Waals surface area contributed by atoms with Crippen molar-refractivity contribution in [3.05, 3.63) is 18.0 Å². The first kappa shape index (κ1) is 13.6. The summed E-state index contributed by atoms with van der Waals surface area (Å²) in [5.74, 6) is 0. The zero-order valence-electron chi connectivity index (χ0n) is 11.5. The summed E-state index contributed by atoms with van der Waals surface area (Å²) in [5, 5.41) is 18.1. The first-order valence-electron chi connectivity index (χ1n) is 7.02. The minimum absolute atomic E-state index is 0.329. The maximum Gasteiger partial charge on any atom is 0.0771 e. The van der Waals surface area contributed by atoms with Crippen molar-refractivity contribution in [2.24, 2.45) is 0 Å². The number of hydrogen-bond acceptors (Lipinski definition) is 3. The Morgan fingerprint density at radius 1 is 1.44 bits per heavy atom. The molecule has 1 fully saturated rings. The number of aromatic nitrogens is 2. The van der Waals surface area contributed by atoms with E-state index in [1.54, 1.807) is 0 Å². The van der Waals surface area contributed by atoms with Gasteiger partial charge in [-0.2, -0.15) is 5.10 Å². The number of nitrogens with zero attached hydrogens (tertiary/aromatic N) is 2. The Bertz CT molecular complexity index is 369. The van der Waals surface area contributed by atoms with Crippen LogP contribution < -0.4 is 5.32 Å². The van der Waals surface area contributed by atoms with E-state index in [-0.39, 0.29) is 0 Å². The lowest BCUT2D eigenvalue weighted by molar-refractivity contribution is 0.00259. The summed E-state index contributed by atoms with van der Waals surface area (Å²) >= 11 is 0. The SMILES string of the molecule is Cc1cnn(CC(C)NCC2(O)CCCCC2)c1. The van der Waals surface area contributed by atoms with E-state index < -0.39 is 5.60 Å². The molecular formula is C14H25N3O. The molecule has 1 atom stereocenters. The number of nitrogens with one attached hydrogen (secondary N) is 1. The Kier molecular flexibility index (Phi) is 4.40. The van der Waals surface area contributed by atoms with Crippen LogP contribution in [0.15, 0.2) is 12.4 Å². The van der Waals surface area contributed by atoms with Crippen molar-refractivity contribution in [1.29, 1.82) is 0 Å².